The maximum Gasteiger partial charge on any atom is 0.270 e. The average Bonchev–Trinajstić information content (AvgIpc) is 3.23. The first-order chi connectivity index (χ1) is 16.5. The molecule has 6 heterocycles. The standard InChI is InChI=1S/C23H25N7O3S.ClH/c31-19-13-34-18-3-1-15(26-22(18)27-19)9-24-14-5-7-28(8-6-14)11-16-12-29-20(32)4-2-17-23(29)30(16)21(33)10-25-17;/h1-4,10,14,16,24H,5-9,11-13H2,(H,26,27,31);1H/t16-;/m1./s1. The van der Waals surface area contributed by atoms with E-state index in [0.717, 1.165) is 43.1 Å². The Labute approximate surface area is 211 Å². The highest BCUT2D eigenvalue weighted by Crippen LogP contribution is 2.30. The number of pyridine rings is 2. The van der Waals surface area contributed by atoms with Gasteiger partial charge in [-0.15, -0.1) is 24.2 Å². The van der Waals surface area contributed by atoms with Crippen LogP contribution >= 0.6 is 24.2 Å². The molecule has 0 spiro atoms. The zero-order chi connectivity index (χ0) is 23.2. The minimum atomic E-state index is -0.155. The van der Waals surface area contributed by atoms with Crippen LogP contribution in [0, 0.1) is 0 Å². The molecule has 1 amide bonds. The van der Waals surface area contributed by atoms with E-state index in [4.69, 9.17) is 0 Å². The highest BCUT2D eigenvalue weighted by Gasteiger charge is 2.29. The van der Waals surface area contributed by atoms with Gasteiger partial charge >= 0.3 is 0 Å². The molecule has 3 aliphatic heterocycles. The van der Waals surface area contributed by atoms with Gasteiger partial charge in [-0.2, -0.15) is 0 Å². The van der Waals surface area contributed by atoms with Crippen molar-refractivity contribution >= 4 is 47.1 Å². The van der Waals surface area contributed by atoms with E-state index in [1.54, 1.807) is 15.2 Å². The number of halogens is 1. The van der Waals surface area contributed by atoms with Crippen LogP contribution in [-0.4, -0.2) is 61.3 Å². The van der Waals surface area contributed by atoms with E-state index in [1.807, 2.05) is 12.1 Å². The summed E-state index contributed by atoms with van der Waals surface area (Å²) in [6.07, 6.45) is 3.35. The molecule has 0 aromatic carbocycles. The van der Waals surface area contributed by atoms with Crippen molar-refractivity contribution in [2.45, 2.75) is 42.9 Å². The molecule has 3 aromatic rings. The van der Waals surface area contributed by atoms with Gasteiger partial charge in [0.1, 0.15) is 17.0 Å². The Morgan fingerprint density at radius 1 is 1.09 bits per heavy atom. The van der Waals surface area contributed by atoms with Crippen LogP contribution in [-0.2, 0) is 17.9 Å². The van der Waals surface area contributed by atoms with E-state index in [-0.39, 0.29) is 35.5 Å². The maximum absolute atomic E-state index is 12.6. The van der Waals surface area contributed by atoms with E-state index in [1.165, 1.54) is 24.0 Å². The number of hydrogen-bond donors (Lipinski definition) is 2. The van der Waals surface area contributed by atoms with Gasteiger partial charge in [0, 0.05) is 31.7 Å². The van der Waals surface area contributed by atoms with Crippen molar-refractivity contribution in [1.82, 2.24) is 29.3 Å². The SMILES string of the molecule is Cl.O=C1CSc2ccc(CNC3CCN(C[C@@H]4Cn5c(=O)ccc6ncc(=O)n4c65)CC3)nc2N1. The molecule has 3 aliphatic rings. The molecule has 1 saturated heterocycles. The predicted octanol–water partition coefficient (Wildman–Crippen LogP) is 1.23. The van der Waals surface area contributed by atoms with Crippen molar-refractivity contribution in [3.63, 3.8) is 0 Å². The van der Waals surface area contributed by atoms with E-state index in [0.29, 0.717) is 41.9 Å². The normalized spacial score (nSPS) is 19.9. The van der Waals surface area contributed by atoms with Crippen LogP contribution in [0.3, 0.4) is 0 Å². The lowest BCUT2D eigenvalue weighted by molar-refractivity contribution is -0.113. The predicted molar refractivity (Wildman–Crippen MR) is 136 cm³/mol. The van der Waals surface area contributed by atoms with Gasteiger partial charge < -0.3 is 15.5 Å². The summed E-state index contributed by atoms with van der Waals surface area (Å²) in [5.41, 5.74) is 1.98. The van der Waals surface area contributed by atoms with E-state index in [2.05, 4.69) is 25.5 Å². The topological polar surface area (TPSA) is 114 Å². The Morgan fingerprint density at radius 3 is 2.74 bits per heavy atom. The Morgan fingerprint density at radius 2 is 1.91 bits per heavy atom. The summed E-state index contributed by atoms with van der Waals surface area (Å²) >= 11 is 1.52. The number of thioether (sulfide) groups is 1. The summed E-state index contributed by atoms with van der Waals surface area (Å²) in [5, 5.41) is 6.44. The van der Waals surface area contributed by atoms with E-state index >= 15 is 0 Å². The number of amides is 1. The highest BCUT2D eigenvalue weighted by molar-refractivity contribution is 8.00. The van der Waals surface area contributed by atoms with Gasteiger partial charge in [0.25, 0.3) is 11.1 Å². The van der Waals surface area contributed by atoms with Gasteiger partial charge in [0.15, 0.2) is 0 Å². The first-order valence-corrected chi connectivity index (χ1v) is 12.5. The Hall–Kier alpha value is -2.73. The first kappa shape index (κ1) is 24.0. The third kappa shape index (κ3) is 4.61. The molecule has 0 saturated carbocycles. The minimum absolute atomic E-state index is 0. The van der Waals surface area contributed by atoms with Crippen LogP contribution in [0.15, 0.2) is 44.9 Å². The second-order valence-corrected chi connectivity index (χ2v) is 10.1. The summed E-state index contributed by atoms with van der Waals surface area (Å²) in [6.45, 7) is 3.74. The van der Waals surface area contributed by atoms with Crippen molar-refractivity contribution in [3.05, 3.63) is 56.9 Å². The van der Waals surface area contributed by atoms with Gasteiger partial charge in [-0.25, -0.2) is 9.97 Å². The summed E-state index contributed by atoms with van der Waals surface area (Å²) in [4.78, 5) is 48.7. The van der Waals surface area contributed by atoms with Crippen molar-refractivity contribution in [3.8, 4) is 0 Å². The number of aromatic nitrogens is 4. The molecule has 1 fully saturated rings. The zero-order valence-electron chi connectivity index (χ0n) is 19.0. The van der Waals surface area contributed by atoms with Crippen molar-refractivity contribution in [2.24, 2.45) is 0 Å². The third-order valence-electron chi connectivity index (χ3n) is 6.83. The third-order valence-corrected chi connectivity index (χ3v) is 7.88. The fraction of sp³-hybridized carbons (Fsp3) is 0.435. The van der Waals surface area contributed by atoms with Crippen molar-refractivity contribution in [2.75, 3.05) is 30.7 Å². The van der Waals surface area contributed by atoms with Crippen LogP contribution in [0.25, 0.3) is 11.2 Å². The monoisotopic (exact) mass is 515 g/mol. The summed E-state index contributed by atoms with van der Waals surface area (Å²) in [5.74, 6) is 1.09. The average molecular weight is 516 g/mol. The quantitative estimate of drug-likeness (QED) is 0.521. The van der Waals surface area contributed by atoms with Gasteiger partial charge in [-0.3, -0.25) is 23.5 Å². The second-order valence-electron chi connectivity index (χ2n) is 9.05. The molecule has 6 rings (SSSR count). The molecular formula is C23H26ClN7O3S. The molecule has 0 unspecified atom stereocenters. The second kappa shape index (κ2) is 9.73. The first-order valence-electron chi connectivity index (χ1n) is 11.5. The molecule has 184 valence electrons. The molecule has 12 heteroatoms. The number of piperidine rings is 1. The summed E-state index contributed by atoms with van der Waals surface area (Å²) in [6, 6.07) is 7.57. The lowest BCUT2D eigenvalue weighted by Crippen LogP contribution is -2.44. The molecule has 0 bridgehead atoms. The number of carbonyl (C=O) groups excluding carboxylic acids is 1. The Bertz CT molecular complexity index is 1390. The van der Waals surface area contributed by atoms with Crippen LogP contribution in [0.5, 0.6) is 0 Å². The van der Waals surface area contributed by atoms with Gasteiger partial charge in [0.2, 0.25) is 5.91 Å². The summed E-state index contributed by atoms with van der Waals surface area (Å²) in [7, 11) is 0. The Kier molecular flexibility index (Phi) is 6.67. The number of likely N-dealkylation sites (tertiary alicyclic amines) is 1. The van der Waals surface area contributed by atoms with E-state index in [9.17, 15) is 14.4 Å². The Balaban J connectivity index is 0.00000253. The molecule has 10 nitrogen and oxygen atoms in total. The number of anilines is 1. The van der Waals surface area contributed by atoms with Crippen LogP contribution < -0.4 is 21.8 Å². The van der Waals surface area contributed by atoms with Gasteiger partial charge in [-0.1, -0.05) is 0 Å². The van der Waals surface area contributed by atoms with Crippen LogP contribution in [0.1, 0.15) is 24.6 Å². The number of carbonyl (C=O) groups is 1. The maximum atomic E-state index is 12.6. The highest BCUT2D eigenvalue weighted by atomic mass is 35.5. The van der Waals surface area contributed by atoms with E-state index < -0.39 is 0 Å². The van der Waals surface area contributed by atoms with Crippen LogP contribution in [0.2, 0.25) is 0 Å². The minimum Gasteiger partial charge on any atom is -0.309 e. The molecule has 3 aromatic heterocycles. The van der Waals surface area contributed by atoms with Crippen molar-refractivity contribution < 1.29 is 4.79 Å². The molecule has 0 radical (unpaired) electrons. The largest absolute Gasteiger partial charge is 0.309 e. The van der Waals surface area contributed by atoms with Crippen molar-refractivity contribution in [1.29, 1.82) is 0 Å². The van der Waals surface area contributed by atoms with Gasteiger partial charge in [-0.05, 0) is 44.1 Å². The molecule has 2 N–H and O–H groups in total. The number of nitrogens with one attached hydrogen (secondary N) is 2. The fourth-order valence-corrected chi connectivity index (χ4v) is 5.89. The molecular weight excluding hydrogens is 490 g/mol. The number of rotatable bonds is 5. The number of nitrogens with zero attached hydrogens (tertiary/aromatic N) is 5. The fourth-order valence-electron chi connectivity index (χ4n) is 5.13. The number of fused-ring (bicyclic) bond motifs is 1. The summed E-state index contributed by atoms with van der Waals surface area (Å²) < 4.78 is 3.42. The molecule has 0 aliphatic carbocycles. The lowest BCUT2D eigenvalue weighted by Gasteiger charge is -2.34. The lowest BCUT2D eigenvalue weighted by atomic mass is 10.0. The van der Waals surface area contributed by atoms with Crippen LogP contribution in [0.4, 0.5) is 5.82 Å². The van der Waals surface area contributed by atoms with Gasteiger partial charge in [0.05, 0.1) is 28.6 Å². The zero-order valence-corrected chi connectivity index (χ0v) is 20.6. The molecule has 35 heavy (non-hydrogen) atoms. The number of hydrogen-bond acceptors (Lipinski definition) is 8. The smallest absolute Gasteiger partial charge is 0.270 e. The molecule has 1 atom stereocenters.